The molecule has 0 aliphatic carbocycles. The Hall–Kier alpha value is -1.14. The summed E-state index contributed by atoms with van der Waals surface area (Å²) in [6.45, 7) is 4.38. The van der Waals surface area contributed by atoms with E-state index in [1.54, 1.807) is 13.2 Å². The summed E-state index contributed by atoms with van der Waals surface area (Å²) in [5.74, 6) is 0.0751. The van der Waals surface area contributed by atoms with Gasteiger partial charge in [-0.1, -0.05) is 25.2 Å². The highest BCUT2D eigenvalue weighted by molar-refractivity contribution is 7.17. The van der Waals surface area contributed by atoms with Gasteiger partial charge in [-0.3, -0.25) is 4.79 Å². The van der Waals surface area contributed by atoms with Crippen molar-refractivity contribution in [2.45, 2.75) is 26.4 Å². The van der Waals surface area contributed by atoms with Gasteiger partial charge in [0.05, 0.1) is 12.3 Å². The lowest BCUT2D eigenvalue weighted by Crippen LogP contribution is -2.28. The van der Waals surface area contributed by atoms with E-state index in [1.165, 1.54) is 11.3 Å². The van der Waals surface area contributed by atoms with E-state index in [4.69, 9.17) is 0 Å². The van der Waals surface area contributed by atoms with E-state index in [9.17, 15) is 9.90 Å². The Morgan fingerprint density at radius 2 is 2.29 bits per heavy atom. The quantitative estimate of drug-likeness (QED) is 0.718. The lowest BCUT2D eigenvalue weighted by Gasteiger charge is -2.14. The minimum atomic E-state index is -0.371. The van der Waals surface area contributed by atoms with Crippen LogP contribution < -0.4 is 10.6 Å². The summed E-state index contributed by atoms with van der Waals surface area (Å²) in [6.07, 6.45) is 1.75. The molecule has 96 valence electrons. The number of hydrogen-bond acceptors (Lipinski definition) is 5. The van der Waals surface area contributed by atoms with E-state index in [2.05, 4.69) is 15.6 Å². The Morgan fingerprint density at radius 3 is 2.82 bits per heavy atom. The maximum atomic E-state index is 11.7. The van der Waals surface area contributed by atoms with Crippen molar-refractivity contribution in [3.8, 4) is 0 Å². The number of carbonyl (C=O) groups excluding carboxylic acids is 1. The second-order valence-corrected chi connectivity index (χ2v) is 5.17. The highest BCUT2D eigenvalue weighted by atomic mass is 32.1. The Balaban J connectivity index is 2.35. The van der Waals surface area contributed by atoms with Crippen molar-refractivity contribution in [1.29, 1.82) is 0 Å². The lowest BCUT2D eigenvalue weighted by atomic mass is 10.0. The zero-order valence-corrected chi connectivity index (χ0v) is 11.2. The fourth-order valence-corrected chi connectivity index (χ4v) is 1.93. The molecule has 0 spiro atoms. The minimum absolute atomic E-state index is 0.139. The maximum Gasteiger partial charge on any atom is 0.263 e. The third kappa shape index (κ3) is 4.32. The molecular formula is C11H19N3O2S. The molecule has 0 fully saturated rings. The van der Waals surface area contributed by atoms with Crippen LogP contribution in [0.4, 0.5) is 5.13 Å². The smallest absolute Gasteiger partial charge is 0.263 e. The molecule has 0 bridgehead atoms. The first-order chi connectivity index (χ1) is 8.04. The predicted molar refractivity (Wildman–Crippen MR) is 69.5 cm³/mol. The zero-order chi connectivity index (χ0) is 12.8. The van der Waals surface area contributed by atoms with Crippen molar-refractivity contribution in [3.05, 3.63) is 11.1 Å². The Kier molecular flexibility index (Phi) is 5.37. The summed E-state index contributed by atoms with van der Waals surface area (Å²) in [5, 5.41) is 15.9. The minimum Gasteiger partial charge on any atom is -0.393 e. The van der Waals surface area contributed by atoms with E-state index in [-0.39, 0.29) is 17.9 Å². The molecule has 0 saturated carbocycles. The van der Waals surface area contributed by atoms with Crippen LogP contribution in [0.2, 0.25) is 0 Å². The van der Waals surface area contributed by atoms with Crippen LogP contribution >= 0.6 is 11.3 Å². The van der Waals surface area contributed by atoms with Crippen LogP contribution in [0.1, 0.15) is 29.9 Å². The van der Waals surface area contributed by atoms with Crippen molar-refractivity contribution < 1.29 is 9.90 Å². The van der Waals surface area contributed by atoms with Crippen LogP contribution in [0.5, 0.6) is 0 Å². The Bertz CT molecular complexity index is 365. The predicted octanol–water partition coefficient (Wildman–Crippen LogP) is 1.32. The molecule has 3 N–H and O–H groups in total. The molecule has 0 radical (unpaired) electrons. The SMILES string of the molecule is CNc1ncc(C(=O)NCCC(O)C(C)C)s1. The largest absolute Gasteiger partial charge is 0.393 e. The molecule has 1 atom stereocenters. The normalized spacial score (nSPS) is 12.5. The van der Waals surface area contributed by atoms with Gasteiger partial charge in [-0.25, -0.2) is 4.98 Å². The first-order valence-electron chi connectivity index (χ1n) is 5.64. The first kappa shape index (κ1) is 13.9. The van der Waals surface area contributed by atoms with Crippen molar-refractivity contribution >= 4 is 22.4 Å². The molecule has 1 unspecified atom stereocenters. The van der Waals surface area contributed by atoms with Gasteiger partial charge in [0, 0.05) is 13.6 Å². The molecule has 0 aliphatic heterocycles. The number of hydrogen-bond donors (Lipinski definition) is 3. The lowest BCUT2D eigenvalue weighted by molar-refractivity contribution is 0.0923. The number of thiazole rings is 1. The molecule has 1 rings (SSSR count). The van der Waals surface area contributed by atoms with Gasteiger partial charge in [0.2, 0.25) is 0 Å². The molecule has 1 heterocycles. The standard InChI is InChI=1S/C11H19N3O2S/c1-7(2)8(15)4-5-13-10(16)9-6-14-11(12-3)17-9/h6-8,15H,4-5H2,1-3H3,(H,12,14)(H,13,16). The van der Waals surface area contributed by atoms with E-state index in [1.807, 2.05) is 13.8 Å². The third-order valence-corrected chi connectivity index (χ3v) is 3.45. The van der Waals surface area contributed by atoms with Crippen molar-refractivity contribution in [3.63, 3.8) is 0 Å². The van der Waals surface area contributed by atoms with E-state index < -0.39 is 0 Å². The van der Waals surface area contributed by atoms with Crippen molar-refractivity contribution in [2.75, 3.05) is 18.9 Å². The number of aliphatic hydroxyl groups excluding tert-OH is 1. The van der Waals surface area contributed by atoms with Crippen molar-refractivity contribution in [2.24, 2.45) is 5.92 Å². The topological polar surface area (TPSA) is 74.2 Å². The highest BCUT2D eigenvalue weighted by Crippen LogP contribution is 2.16. The summed E-state index contributed by atoms with van der Waals surface area (Å²) in [7, 11) is 1.76. The van der Waals surface area contributed by atoms with Crippen LogP contribution in [0.3, 0.4) is 0 Å². The van der Waals surface area contributed by atoms with Crippen molar-refractivity contribution in [1.82, 2.24) is 10.3 Å². The number of amides is 1. The molecule has 0 aromatic carbocycles. The summed E-state index contributed by atoms with van der Waals surface area (Å²) >= 11 is 1.31. The summed E-state index contributed by atoms with van der Waals surface area (Å²) < 4.78 is 0. The van der Waals surface area contributed by atoms with Crippen LogP contribution in [0, 0.1) is 5.92 Å². The number of rotatable bonds is 6. The van der Waals surface area contributed by atoms with Gasteiger partial charge in [0.15, 0.2) is 5.13 Å². The van der Waals surface area contributed by atoms with Gasteiger partial charge in [0.1, 0.15) is 4.88 Å². The van der Waals surface area contributed by atoms with Crippen LogP contribution in [0.15, 0.2) is 6.20 Å². The number of aliphatic hydroxyl groups is 1. The van der Waals surface area contributed by atoms with E-state index in [0.29, 0.717) is 17.8 Å². The Morgan fingerprint density at radius 1 is 1.59 bits per heavy atom. The van der Waals surface area contributed by atoms with Crippen LogP contribution in [0.25, 0.3) is 0 Å². The number of nitrogens with one attached hydrogen (secondary N) is 2. The zero-order valence-electron chi connectivity index (χ0n) is 10.4. The van der Waals surface area contributed by atoms with Gasteiger partial charge < -0.3 is 15.7 Å². The highest BCUT2D eigenvalue weighted by Gasteiger charge is 2.12. The molecule has 6 heteroatoms. The average Bonchev–Trinajstić information content (AvgIpc) is 2.77. The molecule has 1 amide bonds. The summed E-state index contributed by atoms with van der Waals surface area (Å²) in [6, 6.07) is 0. The fraction of sp³-hybridized carbons (Fsp3) is 0.636. The molecule has 1 aromatic rings. The molecule has 0 aliphatic rings. The molecule has 17 heavy (non-hydrogen) atoms. The van der Waals surface area contributed by atoms with E-state index >= 15 is 0 Å². The monoisotopic (exact) mass is 257 g/mol. The van der Waals surface area contributed by atoms with Gasteiger partial charge in [0.25, 0.3) is 5.91 Å². The second-order valence-electron chi connectivity index (χ2n) is 4.14. The second kappa shape index (κ2) is 6.56. The third-order valence-electron chi connectivity index (χ3n) is 2.44. The molecule has 0 saturated heterocycles. The molecular weight excluding hydrogens is 238 g/mol. The number of anilines is 1. The Labute approximate surface area is 105 Å². The van der Waals surface area contributed by atoms with Gasteiger partial charge >= 0.3 is 0 Å². The van der Waals surface area contributed by atoms with Crippen LogP contribution in [-0.4, -0.2) is 35.7 Å². The van der Waals surface area contributed by atoms with E-state index in [0.717, 1.165) is 5.13 Å². The number of nitrogens with zero attached hydrogens (tertiary/aromatic N) is 1. The number of carbonyl (C=O) groups is 1. The average molecular weight is 257 g/mol. The first-order valence-corrected chi connectivity index (χ1v) is 6.46. The number of aromatic nitrogens is 1. The van der Waals surface area contributed by atoms with Gasteiger partial charge in [-0.15, -0.1) is 0 Å². The van der Waals surface area contributed by atoms with Crippen LogP contribution in [-0.2, 0) is 0 Å². The summed E-state index contributed by atoms with van der Waals surface area (Å²) in [5.41, 5.74) is 0. The maximum absolute atomic E-state index is 11.7. The van der Waals surface area contributed by atoms with Gasteiger partial charge in [-0.05, 0) is 12.3 Å². The molecule has 5 nitrogen and oxygen atoms in total. The fourth-order valence-electron chi connectivity index (χ4n) is 1.25. The summed E-state index contributed by atoms with van der Waals surface area (Å²) in [4.78, 5) is 16.3. The van der Waals surface area contributed by atoms with Gasteiger partial charge in [-0.2, -0.15) is 0 Å². The molecule has 1 aromatic heterocycles.